The Labute approximate surface area is 101 Å². The third kappa shape index (κ3) is 5.50. The number of rotatable bonds is 4. The minimum Gasteiger partial charge on any atom is -0.406 e. The first kappa shape index (κ1) is 13.7. The van der Waals surface area contributed by atoms with Crippen molar-refractivity contribution < 1.29 is 17.9 Å². The second kappa shape index (κ2) is 5.82. The summed E-state index contributed by atoms with van der Waals surface area (Å²) in [7, 11) is 0. The van der Waals surface area contributed by atoms with E-state index >= 15 is 0 Å². The monoisotopic (exact) mass is 261 g/mol. The molecule has 0 aliphatic heterocycles. The van der Waals surface area contributed by atoms with Crippen LogP contribution in [0.15, 0.2) is 29.2 Å². The summed E-state index contributed by atoms with van der Waals surface area (Å²) in [5, 5.41) is 8.58. The van der Waals surface area contributed by atoms with E-state index in [1.54, 1.807) is 6.92 Å². The van der Waals surface area contributed by atoms with E-state index in [-0.39, 0.29) is 11.7 Å². The van der Waals surface area contributed by atoms with Crippen LogP contribution in [0.1, 0.15) is 6.92 Å². The highest BCUT2D eigenvalue weighted by atomic mass is 32.2. The van der Waals surface area contributed by atoms with Gasteiger partial charge in [-0.15, -0.1) is 24.9 Å². The smallest absolute Gasteiger partial charge is 0.406 e. The van der Waals surface area contributed by atoms with Gasteiger partial charge in [0, 0.05) is 10.6 Å². The lowest BCUT2D eigenvalue weighted by Gasteiger charge is -2.09. The van der Waals surface area contributed by atoms with Gasteiger partial charge >= 0.3 is 6.36 Å². The molecule has 0 heterocycles. The molecule has 1 aromatic carbocycles. The van der Waals surface area contributed by atoms with E-state index in [0.29, 0.717) is 5.75 Å². The van der Waals surface area contributed by atoms with Crippen LogP contribution in [-0.4, -0.2) is 12.1 Å². The lowest BCUT2D eigenvalue weighted by Crippen LogP contribution is -2.16. The molecule has 0 N–H and O–H groups in total. The van der Waals surface area contributed by atoms with E-state index in [4.69, 9.17) is 5.26 Å². The van der Waals surface area contributed by atoms with Crippen LogP contribution in [0.25, 0.3) is 0 Å². The molecule has 2 nitrogen and oxygen atoms in total. The van der Waals surface area contributed by atoms with Crippen LogP contribution >= 0.6 is 11.8 Å². The average molecular weight is 261 g/mol. The Morgan fingerprint density at radius 3 is 2.41 bits per heavy atom. The number of thioether (sulfide) groups is 1. The topological polar surface area (TPSA) is 33.0 Å². The van der Waals surface area contributed by atoms with Crippen molar-refractivity contribution >= 4 is 11.8 Å². The Hall–Kier alpha value is -1.35. The molecule has 0 bridgehead atoms. The van der Waals surface area contributed by atoms with Gasteiger partial charge in [0.25, 0.3) is 0 Å². The van der Waals surface area contributed by atoms with E-state index in [9.17, 15) is 13.2 Å². The van der Waals surface area contributed by atoms with Crippen LogP contribution < -0.4 is 4.74 Å². The molecular formula is C11H10F3NOS. The molecule has 0 aliphatic carbocycles. The Balaban J connectivity index is 2.54. The van der Waals surface area contributed by atoms with Gasteiger partial charge in [0.05, 0.1) is 12.0 Å². The summed E-state index contributed by atoms with van der Waals surface area (Å²) in [6, 6.07) is 7.67. The fraction of sp³-hybridized carbons (Fsp3) is 0.364. The fourth-order valence-corrected chi connectivity index (χ4v) is 1.84. The number of ether oxygens (including phenoxy) is 1. The summed E-state index contributed by atoms with van der Waals surface area (Å²) < 4.78 is 39.4. The maximum absolute atomic E-state index is 11.9. The Bertz CT molecular complexity index is 397. The zero-order valence-corrected chi connectivity index (χ0v) is 9.81. The molecule has 0 aromatic heterocycles. The molecule has 1 atom stereocenters. The molecule has 1 rings (SSSR count). The zero-order chi connectivity index (χ0) is 12.9. The first-order valence-corrected chi connectivity index (χ1v) is 5.77. The molecule has 0 saturated carbocycles. The van der Waals surface area contributed by atoms with Crippen LogP contribution in [-0.2, 0) is 0 Å². The molecule has 1 unspecified atom stereocenters. The van der Waals surface area contributed by atoms with Gasteiger partial charge in [-0.2, -0.15) is 5.26 Å². The highest BCUT2D eigenvalue weighted by molar-refractivity contribution is 7.99. The number of alkyl halides is 3. The highest BCUT2D eigenvalue weighted by Crippen LogP contribution is 2.26. The van der Waals surface area contributed by atoms with Crippen LogP contribution in [0, 0.1) is 17.2 Å². The van der Waals surface area contributed by atoms with Gasteiger partial charge in [0.15, 0.2) is 0 Å². The molecule has 6 heteroatoms. The maximum atomic E-state index is 11.9. The summed E-state index contributed by atoms with van der Waals surface area (Å²) in [6.45, 7) is 1.79. The van der Waals surface area contributed by atoms with Crippen molar-refractivity contribution in [3.05, 3.63) is 24.3 Å². The normalized spacial score (nSPS) is 12.9. The van der Waals surface area contributed by atoms with Gasteiger partial charge in [0.2, 0.25) is 0 Å². The third-order valence-electron chi connectivity index (χ3n) is 1.78. The van der Waals surface area contributed by atoms with E-state index in [1.165, 1.54) is 36.0 Å². The Morgan fingerprint density at radius 1 is 1.35 bits per heavy atom. The molecule has 0 saturated heterocycles. The molecule has 0 fully saturated rings. The van der Waals surface area contributed by atoms with Crippen molar-refractivity contribution in [2.45, 2.75) is 18.2 Å². The first-order chi connectivity index (χ1) is 7.90. The molecule has 0 radical (unpaired) electrons. The summed E-state index contributed by atoms with van der Waals surface area (Å²) in [6.07, 6.45) is -4.66. The number of nitrogens with zero attached hydrogens (tertiary/aromatic N) is 1. The van der Waals surface area contributed by atoms with Crippen LogP contribution in [0.3, 0.4) is 0 Å². The zero-order valence-electron chi connectivity index (χ0n) is 8.99. The predicted molar refractivity (Wildman–Crippen MR) is 58.6 cm³/mol. The molecule has 0 spiro atoms. The first-order valence-electron chi connectivity index (χ1n) is 4.79. The van der Waals surface area contributed by atoms with E-state index in [0.717, 1.165) is 4.90 Å². The van der Waals surface area contributed by atoms with Gasteiger partial charge in [-0.05, 0) is 31.2 Å². The lowest BCUT2D eigenvalue weighted by molar-refractivity contribution is -0.274. The number of hydrogen-bond acceptors (Lipinski definition) is 3. The summed E-state index contributed by atoms with van der Waals surface area (Å²) in [5.74, 6) is 0.275. The van der Waals surface area contributed by atoms with E-state index in [2.05, 4.69) is 10.8 Å². The minimum absolute atomic E-state index is 0.0916. The van der Waals surface area contributed by atoms with Gasteiger partial charge in [-0.3, -0.25) is 0 Å². The molecule has 92 valence electrons. The standard InChI is InChI=1S/C11H10F3NOS/c1-8(6-15)7-17-10-4-2-9(3-5-10)16-11(12,13)14/h2-5,8H,7H2,1H3. The van der Waals surface area contributed by atoms with Crippen LogP contribution in [0.2, 0.25) is 0 Å². The minimum atomic E-state index is -4.66. The summed E-state index contributed by atoms with van der Waals surface area (Å²) >= 11 is 1.42. The second-order valence-corrected chi connectivity index (χ2v) is 4.45. The molecule has 1 aromatic rings. The van der Waals surface area contributed by atoms with Crippen molar-refractivity contribution in [2.24, 2.45) is 5.92 Å². The summed E-state index contributed by atoms with van der Waals surface area (Å²) in [5.41, 5.74) is 0. The Kier molecular flexibility index (Phi) is 4.70. The SMILES string of the molecule is CC(C#N)CSc1ccc(OC(F)(F)F)cc1. The fourth-order valence-electron chi connectivity index (χ4n) is 0.996. The largest absolute Gasteiger partial charge is 0.573 e. The van der Waals surface area contributed by atoms with E-state index < -0.39 is 6.36 Å². The number of hydrogen-bond donors (Lipinski definition) is 0. The highest BCUT2D eigenvalue weighted by Gasteiger charge is 2.30. The second-order valence-electron chi connectivity index (χ2n) is 3.36. The maximum Gasteiger partial charge on any atom is 0.573 e. The molecule has 0 aliphatic rings. The number of halogens is 3. The predicted octanol–water partition coefficient (Wildman–Crippen LogP) is 3.84. The third-order valence-corrected chi connectivity index (χ3v) is 3.05. The lowest BCUT2D eigenvalue weighted by atomic mass is 10.3. The van der Waals surface area contributed by atoms with Crippen molar-refractivity contribution in [1.82, 2.24) is 0 Å². The van der Waals surface area contributed by atoms with Crippen molar-refractivity contribution in [1.29, 1.82) is 5.26 Å². The van der Waals surface area contributed by atoms with Gasteiger partial charge in [-0.1, -0.05) is 0 Å². The van der Waals surface area contributed by atoms with Gasteiger partial charge in [-0.25, -0.2) is 0 Å². The van der Waals surface area contributed by atoms with Crippen LogP contribution in [0.4, 0.5) is 13.2 Å². The van der Waals surface area contributed by atoms with Crippen molar-refractivity contribution in [3.8, 4) is 11.8 Å². The Morgan fingerprint density at radius 2 is 1.94 bits per heavy atom. The molecule has 17 heavy (non-hydrogen) atoms. The van der Waals surface area contributed by atoms with Gasteiger partial charge < -0.3 is 4.74 Å². The number of nitriles is 1. The van der Waals surface area contributed by atoms with Crippen molar-refractivity contribution in [2.75, 3.05) is 5.75 Å². The quantitative estimate of drug-likeness (QED) is 0.772. The summed E-state index contributed by atoms with van der Waals surface area (Å²) in [4.78, 5) is 0.807. The van der Waals surface area contributed by atoms with E-state index in [1.807, 2.05) is 0 Å². The van der Waals surface area contributed by atoms with Gasteiger partial charge in [0.1, 0.15) is 5.75 Å². The molecule has 0 amide bonds. The van der Waals surface area contributed by atoms with Crippen LogP contribution in [0.5, 0.6) is 5.75 Å². The average Bonchev–Trinajstić information content (AvgIpc) is 2.25. The van der Waals surface area contributed by atoms with Crippen molar-refractivity contribution in [3.63, 3.8) is 0 Å². The molecular weight excluding hydrogens is 251 g/mol. The number of benzene rings is 1.